The standard InChI is InChI=1S/C38H68O7Si3/c1-25-35(44-47(7,8)9)32(43-46(4,5)6)23-34(41-25)42-28-15-18-36(2)27(22-28)13-14-31-30(36)16-19-37(3)29(26-21-33(39)40-24-26)17-20-38(31,37)45-48(10,11)12/h21,25,27-32,34-35H,13-20,22-24H2,1-12H3/t25?,27-,28+,29-,30+,31-,32?,34?,35?,36+,37-,38+/m1/s1. The van der Waals surface area contributed by atoms with Crippen molar-refractivity contribution < 1.29 is 32.3 Å². The Labute approximate surface area is 295 Å². The minimum atomic E-state index is -1.86. The van der Waals surface area contributed by atoms with E-state index in [9.17, 15) is 4.79 Å². The van der Waals surface area contributed by atoms with E-state index in [2.05, 4.69) is 79.7 Å². The number of carbonyl (C=O) groups excluding carboxylic acids is 1. The highest BCUT2D eigenvalue weighted by atomic mass is 28.4. The van der Waals surface area contributed by atoms with Gasteiger partial charge in [-0.15, -0.1) is 0 Å². The van der Waals surface area contributed by atoms with E-state index in [1.165, 1.54) is 37.7 Å². The maximum absolute atomic E-state index is 12.2. The zero-order valence-electron chi connectivity index (χ0n) is 32.4. The second kappa shape index (κ2) is 13.0. The van der Waals surface area contributed by atoms with E-state index in [1.807, 2.05) is 6.08 Å². The van der Waals surface area contributed by atoms with Crippen LogP contribution in [0.2, 0.25) is 58.9 Å². The van der Waals surface area contributed by atoms with E-state index < -0.39 is 25.0 Å². The number of hydrogen-bond donors (Lipinski definition) is 0. The Hall–Kier alpha value is -0.339. The largest absolute Gasteiger partial charge is 0.458 e. The van der Waals surface area contributed by atoms with Gasteiger partial charge in [0.25, 0.3) is 0 Å². The molecule has 0 N–H and O–H groups in total. The van der Waals surface area contributed by atoms with Crippen LogP contribution in [0.3, 0.4) is 0 Å². The summed E-state index contributed by atoms with van der Waals surface area (Å²) in [4.78, 5) is 12.2. The summed E-state index contributed by atoms with van der Waals surface area (Å²) in [6.45, 7) is 28.5. The molecule has 12 atom stereocenters. The summed E-state index contributed by atoms with van der Waals surface area (Å²) in [5.74, 6) is 2.10. The van der Waals surface area contributed by atoms with Crippen LogP contribution in [0, 0.1) is 34.5 Å². The summed E-state index contributed by atoms with van der Waals surface area (Å²) in [6, 6.07) is 0. The monoisotopic (exact) mass is 720 g/mol. The molecule has 10 heteroatoms. The lowest BCUT2D eigenvalue weighted by atomic mass is 9.43. The first-order valence-corrected chi connectivity index (χ1v) is 29.6. The van der Waals surface area contributed by atoms with Crippen molar-refractivity contribution in [2.45, 2.75) is 180 Å². The normalized spacial score (nSPS) is 45.2. The van der Waals surface area contributed by atoms with Crippen LogP contribution in [0.25, 0.3) is 0 Å². The molecule has 5 fully saturated rings. The first-order chi connectivity index (χ1) is 22.1. The lowest BCUT2D eigenvalue weighted by Gasteiger charge is -2.66. The molecule has 0 spiro atoms. The molecule has 0 aromatic rings. The predicted molar refractivity (Wildman–Crippen MR) is 198 cm³/mol. The molecule has 0 aromatic heterocycles. The third-order valence-electron chi connectivity index (χ3n) is 13.3. The van der Waals surface area contributed by atoms with Gasteiger partial charge in [-0.25, -0.2) is 4.79 Å². The Bertz CT molecular complexity index is 1240. The van der Waals surface area contributed by atoms with Crippen molar-refractivity contribution in [3.8, 4) is 0 Å². The molecule has 1 saturated heterocycles. The van der Waals surface area contributed by atoms with Gasteiger partial charge in [0.05, 0.1) is 30.0 Å². The summed E-state index contributed by atoms with van der Waals surface area (Å²) in [5, 5.41) is 0. The molecule has 2 heterocycles. The summed E-state index contributed by atoms with van der Waals surface area (Å²) >= 11 is 0. The fraction of sp³-hybridized carbons (Fsp3) is 0.921. The van der Waals surface area contributed by atoms with E-state index in [0.29, 0.717) is 35.7 Å². The second-order valence-electron chi connectivity index (χ2n) is 20.0. The minimum Gasteiger partial charge on any atom is -0.458 e. The van der Waals surface area contributed by atoms with E-state index in [-0.39, 0.29) is 47.7 Å². The van der Waals surface area contributed by atoms with Crippen LogP contribution in [0.1, 0.15) is 85.0 Å². The highest BCUT2D eigenvalue weighted by Gasteiger charge is 2.69. The van der Waals surface area contributed by atoms with E-state index in [1.54, 1.807) is 0 Å². The van der Waals surface area contributed by atoms with Crippen LogP contribution in [0.15, 0.2) is 11.6 Å². The van der Waals surface area contributed by atoms with Gasteiger partial charge < -0.3 is 27.5 Å². The molecule has 4 aliphatic carbocycles. The van der Waals surface area contributed by atoms with Gasteiger partial charge in [0.2, 0.25) is 0 Å². The van der Waals surface area contributed by atoms with Crippen LogP contribution in [0.4, 0.5) is 0 Å². The fourth-order valence-corrected chi connectivity index (χ4v) is 15.6. The Morgan fingerprint density at radius 3 is 2.12 bits per heavy atom. The minimum absolute atomic E-state index is 0.0143. The number of hydrogen-bond acceptors (Lipinski definition) is 7. The summed E-state index contributed by atoms with van der Waals surface area (Å²) in [5.41, 5.74) is 1.43. The topological polar surface area (TPSA) is 72.5 Å². The lowest BCUT2D eigenvalue weighted by Crippen LogP contribution is -2.65. The molecule has 274 valence electrons. The number of ether oxygens (including phenoxy) is 3. The van der Waals surface area contributed by atoms with Crippen molar-refractivity contribution in [1.29, 1.82) is 0 Å². The summed E-state index contributed by atoms with van der Waals surface area (Å²) in [6.07, 6.45) is 13.0. The van der Waals surface area contributed by atoms with Gasteiger partial charge in [0, 0.05) is 17.9 Å². The molecular weight excluding hydrogens is 653 g/mol. The van der Waals surface area contributed by atoms with Crippen molar-refractivity contribution in [2.24, 2.45) is 34.5 Å². The third-order valence-corrected chi connectivity index (χ3v) is 16.3. The van der Waals surface area contributed by atoms with Crippen molar-refractivity contribution in [3.05, 3.63) is 11.6 Å². The molecule has 48 heavy (non-hydrogen) atoms. The number of carbonyl (C=O) groups is 1. The third kappa shape index (κ3) is 7.18. The zero-order valence-corrected chi connectivity index (χ0v) is 35.4. The van der Waals surface area contributed by atoms with E-state index in [0.717, 1.165) is 32.1 Å². The van der Waals surface area contributed by atoms with Crippen LogP contribution >= 0.6 is 0 Å². The molecule has 4 saturated carbocycles. The second-order valence-corrected chi connectivity index (χ2v) is 33.3. The number of esters is 1. The molecule has 7 nitrogen and oxygen atoms in total. The Morgan fingerprint density at radius 2 is 1.50 bits per heavy atom. The number of rotatable bonds is 9. The first kappa shape index (κ1) is 37.4. The maximum Gasteiger partial charge on any atom is 0.331 e. The van der Waals surface area contributed by atoms with Gasteiger partial charge in [0.15, 0.2) is 31.2 Å². The van der Waals surface area contributed by atoms with Crippen LogP contribution in [-0.4, -0.2) is 73.8 Å². The molecule has 6 rings (SSSR count). The van der Waals surface area contributed by atoms with E-state index >= 15 is 0 Å². The van der Waals surface area contributed by atoms with Crippen molar-refractivity contribution in [1.82, 2.24) is 0 Å². The average molecular weight is 721 g/mol. The van der Waals surface area contributed by atoms with Crippen molar-refractivity contribution in [2.75, 3.05) is 6.61 Å². The van der Waals surface area contributed by atoms with Gasteiger partial charge in [-0.2, -0.15) is 0 Å². The summed E-state index contributed by atoms with van der Waals surface area (Å²) in [7, 11) is -5.41. The highest BCUT2D eigenvalue weighted by molar-refractivity contribution is 6.70. The van der Waals surface area contributed by atoms with Crippen LogP contribution < -0.4 is 0 Å². The molecule has 4 unspecified atom stereocenters. The Kier molecular flexibility index (Phi) is 10.1. The van der Waals surface area contributed by atoms with Gasteiger partial charge in [0.1, 0.15) is 6.61 Å². The quantitative estimate of drug-likeness (QED) is 0.134. The van der Waals surface area contributed by atoms with Crippen LogP contribution in [0.5, 0.6) is 0 Å². The Morgan fingerprint density at radius 1 is 0.792 bits per heavy atom. The SMILES string of the molecule is CC1OC(O[C@H]2CC[C@@]3(C)[C@H](CC[C@@H]4[C@@H]3CC[C@]3(C)[C@@H](C5=CC(=O)OC5)CC[C@]43O[Si](C)(C)C)C2)CC(O[Si](C)(C)C)C1O[Si](C)(C)C. The molecule has 0 amide bonds. The molecular formula is C38H68O7Si3. The van der Waals surface area contributed by atoms with Gasteiger partial charge in [-0.05, 0) is 158 Å². The zero-order chi connectivity index (χ0) is 35.1. The van der Waals surface area contributed by atoms with Gasteiger partial charge in [-0.3, -0.25) is 0 Å². The molecule has 6 aliphatic rings. The molecule has 2 aliphatic heterocycles. The first-order valence-electron chi connectivity index (χ1n) is 19.4. The Balaban J connectivity index is 1.17. The smallest absolute Gasteiger partial charge is 0.331 e. The van der Waals surface area contributed by atoms with Gasteiger partial charge >= 0.3 is 5.97 Å². The lowest BCUT2D eigenvalue weighted by molar-refractivity contribution is -0.266. The number of fused-ring (bicyclic) bond motifs is 5. The number of cyclic esters (lactones) is 1. The maximum atomic E-state index is 12.2. The van der Waals surface area contributed by atoms with Crippen molar-refractivity contribution in [3.63, 3.8) is 0 Å². The highest BCUT2D eigenvalue weighted by Crippen LogP contribution is 2.71. The summed E-state index contributed by atoms with van der Waals surface area (Å²) < 4.78 is 39.9. The average Bonchev–Trinajstić information content (AvgIpc) is 3.48. The fourth-order valence-electron chi connectivity index (χ4n) is 11.7. The van der Waals surface area contributed by atoms with E-state index in [4.69, 9.17) is 27.5 Å². The van der Waals surface area contributed by atoms with Gasteiger partial charge in [-0.1, -0.05) is 13.8 Å². The predicted octanol–water partition coefficient (Wildman–Crippen LogP) is 9.06. The van der Waals surface area contributed by atoms with Crippen LogP contribution in [-0.2, 0) is 32.3 Å². The van der Waals surface area contributed by atoms with Crippen molar-refractivity contribution >= 4 is 30.9 Å². The molecule has 0 aromatic carbocycles. The molecule has 0 radical (unpaired) electrons. The molecule has 0 bridgehead atoms.